The Morgan fingerprint density at radius 1 is 1.46 bits per heavy atom. The molecule has 1 amide bonds. The van der Waals surface area contributed by atoms with Crippen LogP contribution in [0, 0.1) is 6.92 Å². The Morgan fingerprint density at radius 2 is 2.27 bits per heavy atom. The molecular weight excluding hydrogens is 374 g/mol. The number of aromatic nitrogens is 1. The molecule has 3 rings (SSSR count). The number of thioether (sulfide) groups is 1. The maximum absolute atomic E-state index is 12.1. The number of benzene rings is 1. The SMILES string of the molecule is CCOC(=O)c1sc(/N=C2\NC(=O)/C(=C/c3cccc(O)c3)S2)nc1C. The summed E-state index contributed by atoms with van der Waals surface area (Å²) >= 11 is 2.28. The van der Waals surface area contributed by atoms with Crippen LogP contribution in [0.1, 0.15) is 27.9 Å². The molecule has 7 nitrogen and oxygen atoms in total. The van der Waals surface area contributed by atoms with Gasteiger partial charge in [-0.05, 0) is 49.4 Å². The van der Waals surface area contributed by atoms with Crippen LogP contribution >= 0.6 is 23.1 Å². The number of rotatable bonds is 4. The largest absolute Gasteiger partial charge is 0.508 e. The van der Waals surface area contributed by atoms with Crippen LogP contribution in [0.25, 0.3) is 6.08 Å². The minimum absolute atomic E-state index is 0.126. The third kappa shape index (κ3) is 4.12. The maximum Gasteiger partial charge on any atom is 0.350 e. The number of esters is 1. The number of carbonyl (C=O) groups excluding carboxylic acids is 2. The van der Waals surface area contributed by atoms with E-state index in [1.807, 2.05) is 0 Å². The van der Waals surface area contributed by atoms with E-state index in [0.29, 0.717) is 31.3 Å². The highest BCUT2D eigenvalue weighted by atomic mass is 32.2. The van der Waals surface area contributed by atoms with E-state index in [2.05, 4.69) is 15.3 Å². The van der Waals surface area contributed by atoms with Gasteiger partial charge in [0.25, 0.3) is 5.91 Å². The number of ether oxygens (including phenoxy) is 1. The van der Waals surface area contributed by atoms with Gasteiger partial charge in [0, 0.05) is 0 Å². The lowest BCUT2D eigenvalue weighted by Crippen LogP contribution is -2.19. The van der Waals surface area contributed by atoms with E-state index in [4.69, 9.17) is 4.74 Å². The zero-order valence-corrected chi connectivity index (χ0v) is 15.6. The van der Waals surface area contributed by atoms with Crippen molar-refractivity contribution in [3.8, 4) is 5.75 Å². The summed E-state index contributed by atoms with van der Waals surface area (Å²) < 4.78 is 4.98. The number of nitrogens with zero attached hydrogens (tertiary/aromatic N) is 2. The van der Waals surface area contributed by atoms with Crippen LogP contribution in [0.4, 0.5) is 5.13 Å². The highest BCUT2D eigenvalue weighted by molar-refractivity contribution is 8.18. The van der Waals surface area contributed by atoms with Crippen molar-refractivity contribution >= 4 is 51.4 Å². The Balaban J connectivity index is 1.80. The molecule has 2 heterocycles. The number of carbonyl (C=O) groups is 2. The van der Waals surface area contributed by atoms with E-state index in [1.54, 1.807) is 44.2 Å². The van der Waals surface area contributed by atoms with Crippen molar-refractivity contribution < 1.29 is 19.4 Å². The summed E-state index contributed by atoms with van der Waals surface area (Å²) in [6, 6.07) is 6.60. The minimum Gasteiger partial charge on any atom is -0.508 e. The summed E-state index contributed by atoms with van der Waals surface area (Å²) in [5, 5.41) is 12.9. The zero-order valence-electron chi connectivity index (χ0n) is 14.0. The van der Waals surface area contributed by atoms with Crippen molar-refractivity contribution in [2.24, 2.45) is 4.99 Å². The number of phenolic OH excluding ortho intramolecular Hbond substituents is 1. The van der Waals surface area contributed by atoms with Gasteiger partial charge in [-0.1, -0.05) is 23.5 Å². The molecule has 0 spiro atoms. The Labute approximate surface area is 157 Å². The van der Waals surface area contributed by atoms with Gasteiger partial charge in [-0.2, -0.15) is 4.99 Å². The maximum atomic E-state index is 12.1. The monoisotopic (exact) mass is 389 g/mol. The fraction of sp³-hybridized carbons (Fsp3) is 0.176. The molecule has 2 N–H and O–H groups in total. The summed E-state index contributed by atoms with van der Waals surface area (Å²) in [6.07, 6.45) is 1.67. The molecule has 1 aliphatic heterocycles. The number of thiazole rings is 1. The molecule has 9 heteroatoms. The Hall–Kier alpha value is -2.65. The summed E-state index contributed by atoms with van der Waals surface area (Å²) in [6.45, 7) is 3.73. The van der Waals surface area contributed by atoms with Gasteiger partial charge in [-0.25, -0.2) is 9.78 Å². The number of hydrogen-bond donors (Lipinski definition) is 2. The Kier molecular flexibility index (Phi) is 5.38. The standard InChI is InChI=1S/C17H15N3O4S2/c1-3-24-15(23)13-9(2)18-16(26-13)20-17-19-14(22)12(25-17)8-10-5-4-6-11(21)7-10/h4-8,21H,3H2,1-2H3,(H,18,19,20,22)/b12-8-. The average molecular weight is 389 g/mol. The second kappa shape index (κ2) is 7.71. The third-order valence-corrected chi connectivity index (χ3v) is 5.20. The summed E-state index contributed by atoms with van der Waals surface area (Å²) in [5.74, 6) is -0.584. The number of phenols is 1. The van der Waals surface area contributed by atoms with Crippen molar-refractivity contribution in [1.82, 2.24) is 10.3 Å². The summed E-state index contributed by atoms with van der Waals surface area (Å²) in [4.78, 5) is 33.3. The molecule has 0 radical (unpaired) electrons. The van der Waals surface area contributed by atoms with Crippen molar-refractivity contribution in [2.45, 2.75) is 13.8 Å². The number of aryl methyl sites for hydroxylation is 1. The first-order chi connectivity index (χ1) is 12.5. The predicted molar refractivity (Wildman–Crippen MR) is 102 cm³/mol. The molecule has 26 heavy (non-hydrogen) atoms. The first kappa shape index (κ1) is 18.2. The zero-order chi connectivity index (χ0) is 18.7. The lowest BCUT2D eigenvalue weighted by Gasteiger charge is -1.97. The molecule has 1 saturated heterocycles. The number of amidine groups is 1. The Bertz CT molecular complexity index is 934. The van der Waals surface area contributed by atoms with Crippen LogP contribution in [0.15, 0.2) is 34.2 Å². The summed E-state index contributed by atoms with van der Waals surface area (Å²) in [5.41, 5.74) is 1.25. The lowest BCUT2D eigenvalue weighted by molar-refractivity contribution is -0.115. The smallest absolute Gasteiger partial charge is 0.350 e. The normalized spacial score (nSPS) is 16.9. The van der Waals surface area contributed by atoms with Crippen LogP contribution in [0.3, 0.4) is 0 Å². The molecule has 1 aromatic heterocycles. The van der Waals surface area contributed by atoms with Crippen LogP contribution < -0.4 is 5.32 Å². The number of aromatic hydroxyl groups is 1. The first-order valence-corrected chi connectivity index (χ1v) is 9.32. The van der Waals surface area contributed by atoms with Gasteiger partial charge in [0.1, 0.15) is 10.6 Å². The molecule has 1 fully saturated rings. The molecule has 0 atom stereocenters. The van der Waals surface area contributed by atoms with Crippen molar-refractivity contribution in [2.75, 3.05) is 6.61 Å². The number of amides is 1. The topological polar surface area (TPSA) is 101 Å². The molecule has 1 aliphatic rings. The van der Waals surface area contributed by atoms with Gasteiger partial charge in [0.15, 0.2) is 5.17 Å². The number of hydrogen-bond acceptors (Lipinski definition) is 8. The average Bonchev–Trinajstić information content (AvgIpc) is 3.10. The number of nitrogens with one attached hydrogen (secondary N) is 1. The van der Waals surface area contributed by atoms with Gasteiger partial charge in [-0.15, -0.1) is 0 Å². The molecule has 0 saturated carbocycles. The second-order valence-corrected chi connectivity index (χ2v) is 7.22. The third-order valence-electron chi connectivity index (χ3n) is 3.26. The van der Waals surface area contributed by atoms with Gasteiger partial charge in [0.05, 0.1) is 17.2 Å². The van der Waals surface area contributed by atoms with Crippen LogP contribution in [0.2, 0.25) is 0 Å². The first-order valence-electron chi connectivity index (χ1n) is 7.69. The van der Waals surface area contributed by atoms with E-state index in [9.17, 15) is 14.7 Å². The van der Waals surface area contributed by atoms with Crippen molar-refractivity contribution in [1.29, 1.82) is 0 Å². The highest BCUT2D eigenvalue weighted by Crippen LogP contribution is 2.31. The van der Waals surface area contributed by atoms with Gasteiger partial charge < -0.3 is 15.2 Å². The van der Waals surface area contributed by atoms with Crippen LogP contribution in [-0.4, -0.2) is 33.7 Å². The molecular formula is C17H15N3O4S2. The predicted octanol–water partition coefficient (Wildman–Crippen LogP) is 3.23. The minimum atomic E-state index is -0.429. The second-order valence-electron chi connectivity index (χ2n) is 5.21. The molecule has 0 bridgehead atoms. The van der Waals surface area contributed by atoms with Gasteiger partial charge >= 0.3 is 5.97 Å². The van der Waals surface area contributed by atoms with Gasteiger partial charge in [-0.3, -0.25) is 4.79 Å². The number of aliphatic imine (C=N–C) groups is 1. The van der Waals surface area contributed by atoms with Crippen LogP contribution in [-0.2, 0) is 9.53 Å². The molecule has 0 aliphatic carbocycles. The van der Waals surface area contributed by atoms with E-state index >= 15 is 0 Å². The lowest BCUT2D eigenvalue weighted by atomic mass is 10.2. The quantitative estimate of drug-likeness (QED) is 0.615. The Morgan fingerprint density at radius 3 is 3.00 bits per heavy atom. The van der Waals surface area contributed by atoms with E-state index < -0.39 is 5.97 Å². The molecule has 1 aromatic carbocycles. The van der Waals surface area contributed by atoms with Crippen LogP contribution in [0.5, 0.6) is 5.75 Å². The van der Waals surface area contributed by atoms with E-state index in [0.717, 1.165) is 11.3 Å². The van der Waals surface area contributed by atoms with Gasteiger partial charge in [0.2, 0.25) is 5.13 Å². The highest BCUT2D eigenvalue weighted by Gasteiger charge is 2.25. The van der Waals surface area contributed by atoms with E-state index in [-0.39, 0.29) is 18.3 Å². The fourth-order valence-electron chi connectivity index (χ4n) is 2.15. The van der Waals surface area contributed by atoms with E-state index in [1.165, 1.54) is 11.8 Å². The molecule has 0 unspecified atom stereocenters. The molecule has 2 aromatic rings. The molecule has 134 valence electrons. The summed E-state index contributed by atoms with van der Waals surface area (Å²) in [7, 11) is 0. The van der Waals surface area contributed by atoms with Crippen molar-refractivity contribution in [3.05, 3.63) is 45.3 Å². The fourth-order valence-corrected chi connectivity index (χ4v) is 3.87. The van der Waals surface area contributed by atoms with Crippen molar-refractivity contribution in [3.63, 3.8) is 0 Å².